The van der Waals surface area contributed by atoms with Crippen molar-refractivity contribution < 1.29 is 14.0 Å². The van der Waals surface area contributed by atoms with Gasteiger partial charge in [0.2, 0.25) is 5.91 Å². The molecule has 0 aliphatic carbocycles. The summed E-state index contributed by atoms with van der Waals surface area (Å²) in [6.45, 7) is 0. The number of rotatable bonds is 2. The molecule has 0 saturated carbocycles. The third kappa shape index (κ3) is 3.11. The Morgan fingerprint density at radius 1 is 1.31 bits per heavy atom. The number of aromatic nitrogens is 1. The Morgan fingerprint density at radius 2 is 2.15 bits per heavy atom. The van der Waals surface area contributed by atoms with Crippen LogP contribution >= 0.6 is 11.3 Å². The van der Waals surface area contributed by atoms with E-state index in [9.17, 15) is 14.0 Å². The monoisotopic (exact) mass is 373 g/mol. The number of likely N-dealkylation sites (tertiary alicyclic amines) is 1. The maximum atomic E-state index is 14.5. The number of hydrogen-bond donors (Lipinski definition) is 1. The zero-order valence-electron chi connectivity index (χ0n) is 14.2. The van der Waals surface area contributed by atoms with Crippen LogP contribution in [0.3, 0.4) is 0 Å². The largest absolute Gasteiger partial charge is 0.351 e. The number of amides is 2. The molecule has 2 aliphatic rings. The van der Waals surface area contributed by atoms with E-state index in [-0.39, 0.29) is 29.7 Å². The van der Waals surface area contributed by atoms with Gasteiger partial charge in [-0.05, 0) is 25.3 Å². The lowest BCUT2D eigenvalue weighted by molar-refractivity contribution is -0.122. The van der Waals surface area contributed by atoms with Gasteiger partial charge in [0.05, 0.1) is 23.6 Å². The molecule has 2 fully saturated rings. The summed E-state index contributed by atoms with van der Waals surface area (Å²) in [5.74, 6) is -0.508. The molecule has 7 heteroatoms. The predicted molar refractivity (Wildman–Crippen MR) is 96.2 cm³/mol. The van der Waals surface area contributed by atoms with Gasteiger partial charge in [0, 0.05) is 17.4 Å². The number of nitrogens with one attached hydrogen (secondary N) is 1. The topological polar surface area (TPSA) is 62.3 Å². The van der Waals surface area contributed by atoms with Gasteiger partial charge in [-0.3, -0.25) is 9.59 Å². The van der Waals surface area contributed by atoms with Crippen molar-refractivity contribution in [3.63, 3.8) is 0 Å². The first-order valence-electron chi connectivity index (χ1n) is 8.90. The number of carbonyl (C=O) groups is 2. The zero-order chi connectivity index (χ0) is 18.1. The van der Waals surface area contributed by atoms with Crippen LogP contribution in [-0.4, -0.2) is 33.8 Å². The molecule has 2 saturated heterocycles. The van der Waals surface area contributed by atoms with Crippen LogP contribution in [-0.2, 0) is 4.79 Å². The van der Waals surface area contributed by atoms with E-state index in [1.165, 1.54) is 17.4 Å². The van der Waals surface area contributed by atoms with Crippen molar-refractivity contribution in [2.75, 3.05) is 0 Å². The molecule has 0 spiro atoms. The summed E-state index contributed by atoms with van der Waals surface area (Å²) >= 11 is 1.36. The van der Waals surface area contributed by atoms with Crippen molar-refractivity contribution in [3.05, 3.63) is 52.2 Å². The Balaban J connectivity index is 1.74. The maximum Gasteiger partial charge on any atom is 0.274 e. The van der Waals surface area contributed by atoms with Gasteiger partial charge in [0.1, 0.15) is 11.5 Å². The highest BCUT2D eigenvalue weighted by Gasteiger charge is 2.46. The van der Waals surface area contributed by atoms with Crippen molar-refractivity contribution in [2.24, 2.45) is 0 Å². The molecule has 1 N–H and O–H groups in total. The minimum atomic E-state index is -0.404. The molecule has 26 heavy (non-hydrogen) atoms. The smallest absolute Gasteiger partial charge is 0.274 e. The molecule has 2 amide bonds. The SMILES string of the molecule is O=C1CCCC[C@H]2[C@@H](C[C@@H](c3ccccc3F)N2C(=O)c2cscn2)N1. The van der Waals surface area contributed by atoms with Gasteiger partial charge in [-0.1, -0.05) is 24.6 Å². The van der Waals surface area contributed by atoms with Crippen molar-refractivity contribution in [2.45, 2.75) is 50.2 Å². The number of hydrogen-bond acceptors (Lipinski definition) is 4. The molecule has 0 bridgehead atoms. The second kappa shape index (κ2) is 7.15. The Bertz CT molecular complexity index is 811. The van der Waals surface area contributed by atoms with Crippen LogP contribution in [0.4, 0.5) is 4.39 Å². The van der Waals surface area contributed by atoms with Gasteiger partial charge in [0.15, 0.2) is 0 Å². The second-order valence-electron chi connectivity index (χ2n) is 6.85. The third-order valence-corrected chi connectivity index (χ3v) is 5.87. The Morgan fingerprint density at radius 3 is 2.92 bits per heavy atom. The van der Waals surface area contributed by atoms with E-state index in [0.717, 1.165) is 19.3 Å². The van der Waals surface area contributed by atoms with Crippen molar-refractivity contribution in [1.29, 1.82) is 0 Å². The Kier molecular flexibility index (Phi) is 4.72. The molecule has 1 aromatic carbocycles. The number of nitrogens with zero attached hydrogens (tertiary/aromatic N) is 2. The van der Waals surface area contributed by atoms with Crippen LogP contribution < -0.4 is 5.32 Å². The third-order valence-electron chi connectivity index (χ3n) is 5.29. The fourth-order valence-electron chi connectivity index (χ4n) is 4.11. The standard InChI is InChI=1S/C19H20FN3O2S/c20-13-6-2-1-5-12(13)17-9-14-16(7-3-4-8-18(24)22-14)23(17)19(25)15-10-26-11-21-15/h1-2,5-6,10-11,14,16-17H,3-4,7-9H2,(H,22,24)/t14-,16+,17+/m1/s1. The summed E-state index contributed by atoms with van der Waals surface area (Å²) in [7, 11) is 0. The van der Waals surface area contributed by atoms with Gasteiger partial charge in [-0.25, -0.2) is 9.37 Å². The number of benzene rings is 1. The normalized spacial score (nSPS) is 26.0. The molecule has 5 nitrogen and oxygen atoms in total. The molecule has 0 radical (unpaired) electrons. The molecule has 4 rings (SSSR count). The molecule has 2 aliphatic heterocycles. The number of carbonyl (C=O) groups excluding carboxylic acids is 2. The lowest BCUT2D eigenvalue weighted by Gasteiger charge is -2.32. The molecule has 136 valence electrons. The summed E-state index contributed by atoms with van der Waals surface area (Å²) in [5, 5.41) is 4.77. The summed E-state index contributed by atoms with van der Waals surface area (Å²) < 4.78 is 14.5. The predicted octanol–water partition coefficient (Wildman–Crippen LogP) is 3.30. The van der Waals surface area contributed by atoms with Gasteiger partial charge in [-0.15, -0.1) is 11.3 Å². The van der Waals surface area contributed by atoms with E-state index in [4.69, 9.17) is 0 Å². The number of halogens is 1. The quantitative estimate of drug-likeness (QED) is 0.879. The van der Waals surface area contributed by atoms with Crippen LogP contribution in [0.1, 0.15) is 54.2 Å². The minimum Gasteiger partial charge on any atom is -0.351 e. The van der Waals surface area contributed by atoms with Crippen LogP contribution in [0.15, 0.2) is 35.2 Å². The Hall–Kier alpha value is -2.28. The highest BCUT2D eigenvalue weighted by molar-refractivity contribution is 7.07. The molecule has 2 aromatic rings. The van der Waals surface area contributed by atoms with Crippen LogP contribution in [0.2, 0.25) is 0 Å². The molecular weight excluding hydrogens is 353 g/mol. The molecule has 1 aromatic heterocycles. The average molecular weight is 373 g/mol. The van der Waals surface area contributed by atoms with Crippen LogP contribution in [0, 0.1) is 5.82 Å². The van der Waals surface area contributed by atoms with Gasteiger partial charge < -0.3 is 10.2 Å². The van der Waals surface area contributed by atoms with Gasteiger partial charge in [-0.2, -0.15) is 0 Å². The minimum absolute atomic E-state index is 0.00920. The number of fused-ring (bicyclic) bond motifs is 1. The highest BCUT2D eigenvalue weighted by atomic mass is 32.1. The Labute approximate surface area is 155 Å². The highest BCUT2D eigenvalue weighted by Crippen LogP contribution is 2.40. The van der Waals surface area contributed by atoms with Gasteiger partial charge in [0.25, 0.3) is 5.91 Å². The van der Waals surface area contributed by atoms with Crippen LogP contribution in [0.5, 0.6) is 0 Å². The molecule has 0 unspecified atom stereocenters. The first kappa shape index (κ1) is 17.1. The lowest BCUT2D eigenvalue weighted by Crippen LogP contribution is -2.48. The van der Waals surface area contributed by atoms with Crippen molar-refractivity contribution >= 4 is 23.2 Å². The molecule has 3 atom stereocenters. The molecular formula is C19H20FN3O2S. The zero-order valence-corrected chi connectivity index (χ0v) is 15.0. The van der Waals surface area contributed by atoms with E-state index in [1.807, 2.05) is 0 Å². The lowest BCUT2D eigenvalue weighted by atomic mass is 9.97. The van der Waals surface area contributed by atoms with Crippen molar-refractivity contribution in [1.82, 2.24) is 15.2 Å². The second-order valence-corrected chi connectivity index (χ2v) is 7.56. The summed E-state index contributed by atoms with van der Waals surface area (Å²) in [6, 6.07) is 5.86. The summed E-state index contributed by atoms with van der Waals surface area (Å²) in [6.07, 6.45) is 3.50. The van der Waals surface area contributed by atoms with E-state index < -0.39 is 6.04 Å². The molecule has 3 heterocycles. The van der Waals surface area contributed by atoms with E-state index >= 15 is 0 Å². The maximum absolute atomic E-state index is 14.5. The fraction of sp³-hybridized carbons (Fsp3) is 0.421. The summed E-state index contributed by atoms with van der Waals surface area (Å²) in [4.78, 5) is 31.2. The van der Waals surface area contributed by atoms with Crippen LogP contribution in [0.25, 0.3) is 0 Å². The fourth-order valence-corrected chi connectivity index (χ4v) is 4.64. The average Bonchev–Trinajstić information content (AvgIpc) is 3.25. The number of thiazole rings is 1. The first-order chi connectivity index (χ1) is 12.6. The van der Waals surface area contributed by atoms with E-state index in [1.54, 1.807) is 34.0 Å². The first-order valence-corrected chi connectivity index (χ1v) is 9.84. The summed E-state index contributed by atoms with van der Waals surface area (Å²) in [5.41, 5.74) is 2.50. The van der Waals surface area contributed by atoms with Crippen molar-refractivity contribution in [3.8, 4) is 0 Å². The van der Waals surface area contributed by atoms with Gasteiger partial charge >= 0.3 is 0 Å². The van der Waals surface area contributed by atoms with E-state index in [0.29, 0.717) is 24.1 Å². The van der Waals surface area contributed by atoms with E-state index in [2.05, 4.69) is 10.3 Å².